The van der Waals surface area contributed by atoms with Crippen LogP contribution in [0.15, 0.2) is 36.4 Å². The molecule has 0 bridgehead atoms. The number of methoxy groups -OCH3 is 3. The maximum atomic E-state index is 13.0. The largest absolute Gasteiger partial charge is 0.493 e. The molecule has 3 rings (SSSR count). The third-order valence-electron chi connectivity index (χ3n) is 5.00. The first kappa shape index (κ1) is 20.0. The minimum absolute atomic E-state index is 0.0888. The molecule has 2 aromatic carbocycles. The second-order valence-corrected chi connectivity index (χ2v) is 6.88. The van der Waals surface area contributed by atoms with Crippen molar-refractivity contribution in [3.8, 4) is 17.2 Å². The van der Waals surface area contributed by atoms with Gasteiger partial charge in [-0.15, -0.1) is 0 Å². The van der Waals surface area contributed by atoms with Gasteiger partial charge in [0.2, 0.25) is 5.75 Å². The SMILES string of the molecule is COc1cc(C(=O)NC2NNC(C)C2c2cccc(C)c2)cc(OC)c1OC. The summed E-state index contributed by atoms with van der Waals surface area (Å²) in [7, 11) is 4.58. The highest BCUT2D eigenvalue weighted by Gasteiger charge is 2.35. The minimum atomic E-state index is -0.261. The number of carbonyl (C=O) groups is 1. The highest BCUT2D eigenvalue weighted by Crippen LogP contribution is 2.38. The topological polar surface area (TPSA) is 80.9 Å². The number of hydrogen-bond donors (Lipinski definition) is 3. The molecule has 7 heteroatoms. The lowest BCUT2D eigenvalue weighted by Gasteiger charge is -2.23. The summed E-state index contributed by atoms with van der Waals surface area (Å²) >= 11 is 0. The van der Waals surface area contributed by atoms with Crippen LogP contribution in [0.3, 0.4) is 0 Å². The van der Waals surface area contributed by atoms with Gasteiger partial charge < -0.3 is 19.5 Å². The van der Waals surface area contributed by atoms with E-state index in [1.165, 1.54) is 32.5 Å². The first-order valence-electron chi connectivity index (χ1n) is 9.17. The van der Waals surface area contributed by atoms with Gasteiger partial charge in [0.05, 0.1) is 21.3 Å². The molecule has 7 nitrogen and oxygen atoms in total. The molecule has 1 heterocycles. The zero-order chi connectivity index (χ0) is 20.3. The number of carbonyl (C=O) groups excluding carboxylic acids is 1. The number of rotatable bonds is 6. The van der Waals surface area contributed by atoms with Crippen molar-refractivity contribution in [3.05, 3.63) is 53.1 Å². The van der Waals surface area contributed by atoms with Gasteiger partial charge in [-0.25, -0.2) is 5.43 Å². The zero-order valence-electron chi connectivity index (χ0n) is 16.8. The van der Waals surface area contributed by atoms with Crippen LogP contribution in [0.5, 0.6) is 17.2 Å². The van der Waals surface area contributed by atoms with Crippen LogP contribution in [0.2, 0.25) is 0 Å². The van der Waals surface area contributed by atoms with E-state index in [9.17, 15) is 4.79 Å². The van der Waals surface area contributed by atoms with Gasteiger partial charge in [0.25, 0.3) is 5.91 Å². The fourth-order valence-electron chi connectivity index (χ4n) is 3.61. The Labute approximate surface area is 165 Å². The number of hydrogen-bond acceptors (Lipinski definition) is 6. The van der Waals surface area contributed by atoms with E-state index < -0.39 is 0 Å². The highest BCUT2D eigenvalue weighted by molar-refractivity contribution is 5.96. The van der Waals surface area contributed by atoms with Crippen LogP contribution < -0.4 is 30.4 Å². The fourth-order valence-corrected chi connectivity index (χ4v) is 3.61. The van der Waals surface area contributed by atoms with Crippen LogP contribution in [-0.2, 0) is 0 Å². The molecule has 0 radical (unpaired) electrons. The van der Waals surface area contributed by atoms with E-state index in [1.807, 2.05) is 6.07 Å². The third-order valence-corrected chi connectivity index (χ3v) is 5.00. The molecule has 0 saturated carbocycles. The molecule has 1 aliphatic rings. The Morgan fingerprint density at radius 2 is 1.68 bits per heavy atom. The third kappa shape index (κ3) is 3.90. The summed E-state index contributed by atoms with van der Waals surface area (Å²) in [5.74, 6) is 1.19. The van der Waals surface area contributed by atoms with Crippen LogP contribution in [0.25, 0.3) is 0 Å². The van der Waals surface area contributed by atoms with Crippen molar-refractivity contribution in [2.45, 2.75) is 32.0 Å². The quantitative estimate of drug-likeness (QED) is 0.708. The standard InChI is InChI=1S/C21H27N3O4/c1-12-7-6-8-14(9-12)18-13(2)23-24-20(18)22-21(25)15-10-16(26-3)19(28-5)17(11-15)27-4/h6-11,13,18,20,23-24H,1-5H3,(H,22,25). The number of benzene rings is 2. The molecule has 150 valence electrons. The summed E-state index contributed by atoms with van der Waals surface area (Å²) in [5, 5.41) is 3.07. The molecule has 3 unspecified atom stereocenters. The monoisotopic (exact) mass is 385 g/mol. The molecule has 0 spiro atoms. The number of amides is 1. The summed E-state index contributed by atoms with van der Waals surface area (Å²) in [5.41, 5.74) is 9.19. The predicted molar refractivity (Wildman–Crippen MR) is 107 cm³/mol. The Kier molecular flexibility index (Phi) is 6.06. The van der Waals surface area contributed by atoms with Crippen LogP contribution in [0.4, 0.5) is 0 Å². The Balaban J connectivity index is 1.86. The van der Waals surface area contributed by atoms with Crippen LogP contribution >= 0.6 is 0 Å². The summed E-state index contributed by atoms with van der Waals surface area (Å²) in [6.07, 6.45) is -0.261. The smallest absolute Gasteiger partial charge is 0.252 e. The van der Waals surface area contributed by atoms with E-state index in [1.54, 1.807) is 12.1 Å². The van der Waals surface area contributed by atoms with Gasteiger partial charge in [0.15, 0.2) is 11.5 Å². The molecular weight excluding hydrogens is 358 g/mol. The predicted octanol–water partition coefficient (Wildman–Crippen LogP) is 2.36. The fraction of sp³-hybridized carbons (Fsp3) is 0.381. The Morgan fingerprint density at radius 3 is 2.25 bits per heavy atom. The molecule has 0 aliphatic carbocycles. The lowest BCUT2D eigenvalue weighted by atomic mass is 9.90. The van der Waals surface area contributed by atoms with Gasteiger partial charge >= 0.3 is 0 Å². The second kappa shape index (κ2) is 8.50. The number of nitrogens with one attached hydrogen (secondary N) is 3. The van der Waals surface area contributed by atoms with Crippen molar-refractivity contribution in [2.75, 3.05) is 21.3 Å². The van der Waals surface area contributed by atoms with E-state index >= 15 is 0 Å². The van der Waals surface area contributed by atoms with Crippen molar-refractivity contribution < 1.29 is 19.0 Å². The lowest BCUT2D eigenvalue weighted by molar-refractivity contribution is 0.0927. The van der Waals surface area contributed by atoms with E-state index in [0.29, 0.717) is 22.8 Å². The van der Waals surface area contributed by atoms with Gasteiger partial charge in [0, 0.05) is 17.5 Å². The summed E-state index contributed by atoms with van der Waals surface area (Å²) < 4.78 is 16.0. The van der Waals surface area contributed by atoms with Crippen LogP contribution in [0, 0.1) is 6.92 Å². The molecule has 28 heavy (non-hydrogen) atoms. The molecular formula is C21H27N3O4. The molecule has 1 aliphatic heterocycles. The Hall–Kier alpha value is -2.77. The van der Waals surface area contributed by atoms with Crippen LogP contribution in [-0.4, -0.2) is 39.4 Å². The molecule has 0 aromatic heterocycles. The van der Waals surface area contributed by atoms with E-state index in [4.69, 9.17) is 14.2 Å². The Morgan fingerprint density at radius 1 is 1.00 bits per heavy atom. The molecule has 1 fully saturated rings. The lowest BCUT2D eigenvalue weighted by Crippen LogP contribution is -2.46. The minimum Gasteiger partial charge on any atom is -0.493 e. The highest BCUT2D eigenvalue weighted by atomic mass is 16.5. The Bertz CT molecular complexity index is 830. The first-order chi connectivity index (χ1) is 13.5. The van der Waals surface area contributed by atoms with Gasteiger partial charge in [-0.05, 0) is 31.5 Å². The van der Waals surface area contributed by atoms with Gasteiger partial charge in [-0.2, -0.15) is 0 Å². The number of aryl methyl sites for hydroxylation is 1. The summed E-state index contributed by atoms with van der Waals surface area (Å²) in [4.78, 5) is 13.0. The maximum Gasteiger partial charge on any atom is 0.252 e. The second-order valence-electron chi connectivity index (χ2n) is 6.88. The van der Waals surface area contributed by atoms with Gasteiger partial charge in [-0.3, -0.25) is 10.2 Å². The zero-order valence-corrected chi connectivity index (χ0v) is 16.8. The molecule has 1 saturated heterocycles. The van der Waals surface area contributed by atoms with Crippen molar-refractivity contribution in [2.24, 2.45) is 0 Å². The maximum absolute atomic E-state index is 13.0. The average molecular weight is 385 g/mol. The molecule has 3 atom stereocenters. The number of ether oxygens (including phenoxy) is 3. The van der Waals surface area contributed by atoms with Crippen molar-refractivity contribution >= 4 is 5.91 Å². The molecule has 2 aromatic rings. The summed E-state index contributed by atoms with van der Waals surface area (Å²) in [6, 6.07) is 11.8. The normalized spacial score (nSPS) is 21.2. The van der Waals surface area contributed by atoms with Crippen molar-refractivity contribution in [1.82, 2.24) is 16.2 Å². The number of hydrazine groups is 1. The molecule has 3 N–H and O–H groups in total. The van der Waals surface area contributed by atoms with E-state index in [-0.39, 0.29) is 24.0 Å². The van der Waals surface area contributed by atoms with E-state index in [2.05, 4.69) is 48.2 Å². The van der Waals surface area contributed by atoms with Crippen molar-refractivity contribution in [1.29, 1.82) is 0 Å². The van der Waals surface area contributed by atoms with Gasteiger partial charge in [-0.1, -0.05) is 29.8 Å². The van der Waals surface area contributed by atoms with E-state index in [0.717, 1.165) is 0 Å². The van der Waals surface area contributed by atoms with Crippen LogP contribution in [0.1, 0.15) is 34.3 Å². The molecule has 1 amide bonds. The van der Waals surface area contributed by atoms with Crippen molar-refractivity contribution in [3.63, 3.8) is 0 Å². The van der Waals surface area contributed by atoms with Gasteiger partial charge in [0.1, 0.15) is 6.17 Å². The first-order valence-corrected chi connectivity index (χ1v) is 9.17. The summed E-state index contributed by atoms with van der Waals surface area (Å²) in [6.45, 7) is 4.15. The average Bonchev–Trinajstić information content (AvgIpc) is 3.06.